The summed E-state index contributed by atoms with van der Waals surface area (Å²) in [4.78, 5) is 40.5. The Morgan fingerprint density at radius 3 is 2.27 bits per heavy atom. The molecule has 3 aliphatic rings. The fourth-order valence-electron chi connectivity index (χ4n) is 6.36. The molecule has 1 atom stereocenters. The molecule has 0 bridgehead atoms. The second kappa shape index (κ2) is 14.5. The molecule has 0 unspecified atom stereocenters. The van der Waals surface area contributed by atoms with Gasteiger partial charge in [0.25, 0.3) is 5.91 Å². The second-order valence-electron chi connectivity index (χ2n) is 14.7. The van der Waals surface area contributed by atoms with Gasteiger partial charge in [-0.25, -0.2) is 4.79 Å². The zero-order chi connectivity index (χ0) is 36.5. The summed E-state index contributed by atoms with van der Waals surface area (Å²) in [5, 5.41) is 5.73. The Labute approximate surface area is 296 Å². The molecule has 0 aromatic heterocycles. The SMILES string of the molecule is C[C@@H](NC(=O)c1cc(C2=CCN(C(=O)C3COC3)CC2)cc(C2CC2)c1)c1ccc(-c2cc(C(F)(F)F)ccc2CNC(=O)OC(C)(C)C)cc1. The van der Waals surface area contributed by atoms with Crippen molar-refractivity contribution in [2.75, 3.05) is 26.3 Å². The Morgan fingerprint density at radius 2 is 1.69 bits per heavy atom. The number of halogens is 3. The summed E-state index contributed by atoms with van der Waals surface area (Å²) >= 11 is 0. The maximum absolute atomic E-state index is 13.7. The molecule has 270 valence electrons. The number of nitrogens with zero attached hydrogens (tertiary/aromatic N) is 1. The van der Waals surface area contributed by atoms with Gasteiger partial charge in [-0.05, 0) is 116 Å². The number of rotatable bonds is 9. The Kier molecular flexibility index (Phi) is 10.3. The standard InChI is InChI=1S/C40H44F3N3O5/c1-24(25-5-9-28(10-6-25)35-20-34(40(41,42)43)12-11-29(35)21-44-38(49)51-39(2,3)4)45-36(47)32-18-30(26-7-8-26)17-31(19-32)27-13-15-46(16-14-27)37(48)33-22-50-23-33/h5-6,9-13,17-20,24,26,33H,7-8,14-16,21-23H2,1-4H3,(H,44,49)(H,45,47)/t24-/m1/s1. The van der Waals surface area contributed by atoms with Crippen LogP contribution in [0.3, 0.4) is 0 Å². The average Bonchev–Trinajstić information content (AvgIpc) is 3.91. The molecule has 1 aliphatic carbocycles. The Balaban J connectivity index is 1.16. The van der Waals surface area contributed by atoms with Crippen molar-refractivity contribution in [3.63, 3.8) is 0 Å². The van der Waals surface area contributed by atoms with Gasteiger partial charge in [0.15, 0.2) is 0 Å². The van der Waals surface area contributed by atoms with Crippen molar-refractivity contribution in [1.29, 1.82) is 0 Å². The lowest BCUT2D eigenvalue weighted by molar-refractivity contribution is -0.149. The first kappa shape index (κ1) is 36.2. The third kappa shape index (κ3) is 9.00. The summed E-state index contributed by atoms with van der Waals surface area (Å²) in [5.41, 5.74) is 4.45. The molecule has 11 heteroatoms. The Morgan fingerprint density at radius 1 is 0.961 bits per heavy atom. The molecule has 3 amide bonds. The highest BCUT2D eigenvalue weighted by atomic mass is 19.4. The molecule has 2 fully saturated rings. The second-order valence-corrected chi connectivity index (χ2v) is 14.7. The topological polar surface area (TPSA) is 97.0 Å². The van der Waals surface area contributed by atoms with Crippen LogP contribution >= 0.6 is 0 Å². The van der Waals surface area contributed by atoms with E-state index in [4.69, 9.17) is 9.47 Å². The van der Waals surface area contributed by atoms with Gasteiger partial charge in [-0.15, -0.1) is 0 Å². The van der Waals surface area contributed by atoms with E-state index in [-0.39, 0.29) is 24.3 Å². The van der Waals surface area contributed by atoms with Crippen molar-refractivity contribution in [3.05, 3.63) is 100 Å². The number of nitrogens with one attached hydrogen (secondary N) is 2. The fraction of sp³-hybridized carbons (Fsp3) is 0.425. The number of amides is 3. The quantitative estimate of drug-likeness (QED) is 0.235. The van der Waals surface area contributed by atoms with E-state index >= 15 is 0 Å². The van der Waals surface area contributed by atoms with Crippen LogP contribution < -0.4 is 10.6 Å². The van der Waals surface area contributed by atoms with Crippen molar-refractivity contribution in [3.8, 4) is 11.1 Å². The van der Waals surface area contributed by atoms with Gasteiger partial charge in [0.1, 0.15) is 5.60 Å². The van der Waals surface area contributed by atoms with Crippen LogP contribution in [0, 0.1) is 5.92 Å². The Hall–Kier alpha value is -4.64. The van der Waals surface area contributed by atoms with Crippen molar-refractivity contribution in [2.45, 2.75) is 77.2 Å². The van der Waals surface area contributed by atoms with E-state index in [2.05, 4.69) is 22.8 Å². The van der Waals surface area contributed by atoms with Crippen molar-refractivity contribution >= 4 is 23.5 Å². The van der Waals surface area contributed by atoms with Crippen LogP contribution in [0.15, 0.2) is 66.7 Å². The molecule has 3 aromatic rings. The van der Waals surface area contributed by atoms with E-state index in [1.165, 1.54) is 6.07 Å². The molecule has 0 spiro atoms. The molecule has 8 nitrogen and oxygen atoms in total. The van der Waals surface area contributed by atoms with Crippen LogP contribution in [0.1, 0.15) is 97.1 Å². The first-order valence-electron chi connectivity index (χ1n) is 17.4. The molecule has 1 saturated heterocycles. The summed E-state index contributed by atoms with van der Waals surface area (Å²) in [5.74, 6) is 0.304. The lowest BCUT2D eigenvalue weighted by atomic mass is 9.93. The Bertz CT molecular complexity index is 1820. The van der Waals surface area contributed by atoms with Gasteiger partial charge in [-0.2, -0.15) is 13.2 Å². The fourth-order valence-corrected chi connectivity index (χ4v) is 6.36. The van der Waals surface area contributed by atoms with Gasteiger partial charge in [0.05, 0.1) is 30.7 Å². The van der Waals surface area contributed by atoms with Crippen LogP contribution in [-0.2, 0) is 27.0 Å². The molecule has 6 rings (SSSR count). The highest BCUT2D eigenvalue weighted by Gasteiger charge is 2.33. The number of ether oxygens (including phenoxy) is 2. The third-order valence-corrected chi connectivity index (χ3v) is 9.47. The highest BCUT2D eigenvalue weighted by molar-refractivity contribution is 5.96. The van der Waals surface area contributed by atoms with Gasteiger partial charge in [-0.1, -0.05) is 42.5 Å². The average molecular weight is 704 g/mol. The molecule has 51 heavy (non-hydrogen) atoms. The maximum Gasteiger partial charge on any atom is 0.416 e. The van der Waals surface area contributed by atoms with Gasteiger partial charge in [0.2, 0.25) is 5.91 Å². The summed E-state index contributed by atoms with van der Waals surface area (Å²) < 4.78 is 51.5. The predicted molar refractivity (Wildman–Crippen MR) is 188 cm³/mol. The lowest BCUT2D eigenvalue weighted by Crippen LogP contribution is -2.46. The van der Waals surface area contributed by atoms with E-state index < -0.39 is 29.5 Å². The summed E-state index contributed by atoms with van der Waals surface area (Å²) in [7, 11) is 0. The monoisotopic (exact) mass is 703 g/mol. The van der Waals surface area contributed by atoms with E-state index in [1.54, 1.807) is 45.0 Å². The zero-order valence-electron chi connectivity index (χ0n) is 29.4. The van der Waals surface area contributed by atoms with E-state index in [1.807, 2.05) is 24.0 Å². The smallest absolute Gasteiger partial charge is 0.416 e. The van der Waals surface area contributed by atoms with Crippen molar-refractivity contribution in [1.82, 2.24) is 15.5 Å². The zero-order valence-corrected chi connectivity index (χ0v) is 29.4. The van der Waals surface area contributed by atoms with Gasteiger partial charge < -0.3 is 25.0 Å². The van der Waals surface area contributed by atoms with Crippen LogP contribution in [0.25, 0.3) is 16.7 Å². The van der Waals surface area contributed by atoms with Crippen LogP contribution in [0.2, 0.25) is 0 Å². The molecule has 2 heterocycles. The van der Waals surface area contributed by atoms with Crippen molar-refractivity contribution < 1.29 is 37.0 Å². The van der Waals surface area contributed by atoms with E-state index in [0.29, 0.717) is 60.9 Å². The number of carbonyl (C=O) groups is 3. The molecule has 3 aromatic carbocycles. The van der Waals surface area contributed by atoms with Crippen molar-refractivity contribution in [2.24, 2.45) is 5.92 Å². The number of hydrogen-bond donors (Lipinski definition) is 2. The molecule has 2 N–H and O–H groups in total. The summed E-state index contributed by atoms with van der Waals surface area (Å²) in [6, 6.07) is 16.1. The van der Waals surface area contributed by atoms with Crippen LogP contribution in [0.4, 0.5) is 18.0 Å². The van der Waals surface area contributed by atoms with Crippen LogP contribution in [0.5, 0.6) is 0 Å². The van der Waals surface area contributed by atoms with E-state index in [9.17, 15) is 27.6 Å². The maximum atomic E-state index is 13.7. The number of benzene rings is 3. The lowest BCUT2D eigenvalue weighted by Gasteiger charge is -2.33. The minimum absolute atomic E-state index is 0.0261. The number of hydrogen-bond acceptors (Lipinski definition) is 5. The normalized spacial score (nSPS) is 17.2. The molecule has 2 aliphatic heterocycles. The summed E-state index contributed by atoms with van der Waals surface area (Å²) in [6.45, 7) is 9.16. The molecule has 0 radical (unpaired) electrons. The molecule has 1 saturated carbocycles. The minimum Gasteiger partial charge on any atom is -0.444 e. The van der Waals surface area contributed by atoms with Crippen LogP contribution in [-0.4, -0.2) is 54.7 Å². The molecular weight excluding hydrogens is 659 g/mol. The van der Waals surface area contributed by atoms with Gasteiger partial charge >= 0.3 is 12.3 Å². The highest BCUT2D eigenvalue weighted by Crippen LogP contribution is 2.42. The number of carbonyl (C=O) groups excluding carboxylic acids is 3. The predicted octanol–water partition coefficient (Wildman–Crippen LogP) is 8.03. The summed E-state index contributed by atoms with van der Waals surface area (Å²) in [6.07, 6.45) is -0.244. The van der Waals surface area contributed by atoms with E-state index in [0.717, 1.165) is 47.2 Å². The minimum atomic E-state index is -4.54. The third-order valence-electron chi connectivity index (χ3n) is 9.47. The van der Waals surface area contributed by atoms with Gasteiger partial charge in [0, 0.05) is 25.2 Å². The first-order chi connectivity index (χ1) is 24.1. The van der Waals surface area contributed by atoms with Gasteiger partial charge in [-0.3, -0.25) is 9.59 Å². The molecular formula is C40H44F3N3O5. The number of alkyl halides is 3. The largest absolute Gasteiger partial charge is 0.444 e. The first-order valence-corrected chi connectivity index (χ1v) is 17.4. The number of alkyl carbamates (subject to hydrolysis) is 1.